The van der Waals surface area contributed by atoms with Crippen LogP contribution in [0.15, 0.2) is 0 Å². The molecule has 1 saturated heterocycles. The van der Waals surface area contributed by atoms with Gasteiger partial charge >= 0.3 is 17.9 Å². The summed E-state index contributed by atoms with van der Waals surface area (Å²) in [6, 6.07) is 0. The smallest absolute Gasteiger partial charge is 0.309 e. The zero-order valence-electron chi connectivity index (χ0n) is 16.2. The molecule has 1 heterocycles. The van der Waals surface area contributed by atoms with Crippen LogP contribution in [-0.4, -0.2) is 52.7 Å². The number of carbonyl (C=O) groups is 4. The second kappa shape index (κ2) is 6.29. The lowest BCUT2D eigenvalue weighted by atomic mass is 9.66. The van der Waals surface area contributed by atoms with E-state index in [2.05, 4.69) is 0 Å². The third-order valence-corrected chi connectivity index (χ3v) is 6.55. The highest BCUT2D eigenvalue weighted by Crippen LogP contribution is 2.58. The standard InChI is InChI=1S/C19H26O8/c1-8-14-12(27-17(8)23)7-18(4,24)13-6-11(25-9(2)20)15(22)19(13,5)16(14)26-10(3)21/h8,11-14,16,24H,6-7H2,1-5H3/t8-,11-,12+,13-,14+,16-,18+,19-/m0/s1. The monoisotopic (exact) mass is 382 g/mol. The van der Waals surface area contributed by atoms with Crippen molar-refractivity contribution in [3.05, 3.63) is 0 Å². The van der Waals surface area contributed by atoms with Crippen molar-refractivity contribution in [1.82, 2.24) is 0 Å². The number of esters is 3. The maximum Gasteiger partial charge on any atom is 0.309 e. The number of rotatable bonds is 2. The van der Waals surface area contributed by atoms with Gasteiger partial charge in [-0.2, -0.15) is 0 Å². The number of aliphatic hydroxyl groups is 1. The van der Waals surface area contributed by atoms with Gasteiger partial charge in [0.2, 0.25) is 0 Å². The minimum atomic E-state index is -1.37. The van der Waals surface area contributed by atoms with Crippen LogP contribution in [0.25, 0.3) is 0 Å². The summed E-state index contributed by atoms with van der Waals surface area (Å²) in [7, 11) is 0. The fraction of sp³-hybridized carbons (Fsp3) is 0.789. The first-order chi connectivity index (χ1) is 12.4. The van der Waals surface area contributed by atoms with E-state index in [4.69, 9.17) is 14.2 Å². The van der Waals surface area contributed by atoms with Crippen LogP contribution < -0.4 is 0 Å². The molecule has 0 bridgehead atoms. The van der Waals surface area contributed by atoms with E-state index in [1.807, 2.05) is 0 Å². The lowest BCUT2D eigenvalue weighted by Crippen LogP contribution is -2.52. The molecule has 0 unspecified atom stereocenters. The van der Waals surface area contributed by atoms with Crippen molar-refractivity contribution in [3.63, 3.8) is 0 Å². The summed E-state index contributed by atoms with van der Waals surface area (Å²) in [6.45, 7) is 7.34. The van der Waals surface area contributed by atoms with E-state index in [0.717, 1.165) is 0 Å². The summed E-state index contributed by atoms with van der Waals surface area (Å²) < 4.78 is 16.2. The van der Waals surface area contributed by atoms with Crippen LogP contribution in [0.1, 0.15) is 47.5 Å². The van der Waals surface area contributed by atoms with Crippen molar-refractivity contribution >= 4 is 23.7 Å². The van der Waals surface area contributed by atoms with Crippen LogP contribution in [-0.2, 0) is 33.4 Å². The van der Waals surface area contributed by atoms with Crippen LogP contribution in [0.5, 0.6) is 0 Å². The first kappa shape index (κ1) is 19.8. The highest BCUT2D eigenvalue weighted by atomic mass is 16.6. The van der Waals surface area contributed by atoms with E-state index >= 15 is 0 Å². The molecule has 0 aromatic carbocycles. The topological polar surface area (TPSA) is 116 Å². The van der Waals surface area contributed by atoms with Crippen LogP contribution in [0.4, 0.5) is 0 Å². The van der Waals surface area contributed by atoms with Gasteiger partial charge in [-0.3, -0.25) is 19.2 Å². The molecule has 0 radical (unpaired) electrons. The van der Waals surface area contributed by atoms with Gasteiger partial charge in [-0.25, -0.2) is 0 Å². The Morgan fingerprint density at radius 2 is 1.74 bits per heavy atom. The molecule has 0 aromatic heterocycles. The molecule has 0 aromatic rings. The third-order valence-electron chi connectivity index (χ3n) is 6.55. The van der Waals surface area contributed by atoms with Crippen molar-refractivity contribution in [2.24, 2.45) is 23.2 Å². The maximum atomic E-state index is 13.3. The first-order valence-electron chi connectivity index (χ1n) is 9.21. The number of ether oxygens (including phenoxy) is 3. The van der Waals surface area contributed by atoms with E-state index in [0.29, 0.717) is 0 Å². The molecule has 2 aliphatic carbocycles. The molecule has 3 rings (SSSR count). The minimum Gasteiger partial charge on any atom is -0.462 e. The zero-order chi connectivity index (χ0) is 20.3. The van der Waals surface area contributed by atoms with Crippen molar-refractivity contribution < 1.29 is 38.5 Å². The zero-order valence-corrected chi connectivity index (χ0v) is 16.2. The molecule has 8 atom stereocenters. The summed E-state index contributed by atoms with van der Waals surface area (Å²) >= 11 is 0. The van der Waals surface area contributed by atoms with Crippen LogP contribution >= 0.6 is 0 Å². The molecular formula is C19H26O8. The molecule has 1 aliphatic heterocycles. The van der Waals surface area contributed by atoms with Crippen LogP contribution in [0, 0.1) is 23.2 Å². The predicted octanol–water partition coefficient (Wildman–Crippen LogP) is 0.777. The third kappa shape index (κ3) is 2.94. The van der Waals surface area contributed by atoms with Crippen molar-refractivity contribution in [1.29, 1.82) is 0 Å². The van der Waals surface area contributed by atoms with Crippen molar-refractivity contribution in [2.45, 2.75) is 71.4 Å². The molecule has 0 amide bonds. The number of fused-ring (bicyclic) bond motifs is 2. The summed E-state index contributed by atoms with van der Waals surface area (Å²) in [6.07, 6.45) is -2.40. The molecule has 8 heteroatoms. The van der Waals surface area contributed by atoms with Crippen LogP contribution in [0.2, 0.25) is 0 Å². The van der Waals surface area contributed by atoms with E-state index in [1.165, 1.54) is 13.8 Å². The number of Topliss-reactive ketones (excluding diaryl/α,β-unsaturated/α-hetero) is 1. The van der Waals surface area contributed by atoms with E-state index in [9.17, 15) is 24.3 Å². The second-order valence-corrected chi connectivity index (χ2v) is 8.47. The molecule has 27 heavy (non-hydrogen) atoms. The quantitative estimate of drug-likeness (QED) is 0.550. The van der Waals surface area contributed by atoms with Crippen molar-refractivity contribution in [3.8, 4) is 0 Å². The summed E-state index contributed by atoms with van der Waals surface area (Å²) in [5, 5.41) is 11.2. The van der Waals surface area contributed by atoms with Crippen molar-refractivity contribution in [2.75, 3.05) is 0 Å². The molecule has 1 N–H and O–H groups in total. The molecule has 2 saturated carbocycles. The molecule has 150 valence electrons. The Morgan fingerprint density at radius 1 is 1.15 bits per heavy atom. The summed E-state index contributed by atoms with van der Waals surface area (Å²) in [5.41, 5.74) is -2.68. The minimum absolute atomic E-state index is 0.117. The number of hydrogen-bond donors (Lipinski definition) is 1. The summed E-state index contributed by atoms with van der Waals surface area (Å²) in [5.74, 6) is -3.81. The molecule has 8 nitrogen and oxygen atoms in total. The lowest BCUT2D eigenvalue weighted by molar-refractivity contribution is -0.171. The highest BCUT2D eigenvalue weighted by Gasteiger charge is 2.69. The predicted molar refractivity (Wildman–Crippen MR) is 90.1 cm³/mol. The van der Waals surface area contributed by atoms with Gasteiger partial charge in [0.25, 0.3) is 0 Å². The number of ketones is 1. The Bertz CT molecular complexity index is 698. The normalized spacial score (nSPS) is 46.1. The molecule has 3 aliphatic rings. The van der Waals surface area contributed by atoms with Gasteiger partial charge in [0.05, 0.1) is 16.9 Å². The van der Waals surface area contributed by atoms with Gasteiger partial charge in [-0.15, -0.1) is 0 Å². The van der Waals surface area contributed by atoms with Gasteiger partial charge < -0.3 is 19.3 Å². The number of hydrogen-bond acceptors (Lipinski definition) is 8. The Morgan fingerprint density at radius 3 is 2.30 bits per heavy atom. The van der Waals surface area contributed by atoms with Crippen LogP contribution in [0.3, 0.4) is 0 Å². The second-order valence-electron chi connectivity index (χ2n) is 8.47. The van der Waals surface area contributed by atoms with Gasteiger partial charge in [0.1, 0.15) is 12.2 Å². The van der Waals surface area contributed by atoms with Gasteiger partial charge in [0.15, 0.2) is 11.9 Å². The molecule has 0 spiro atoms. The summed E-state index contributed by atoms with van der Waals surface area (Å²) in [4.78, 5) is 48.8. The highest BCUT2D eigenvalue weighted by molar-refractivity contribution is 5.94. The SMILES string of the molecule is CC(=O)O[C@H]1C[C@@H]2[C@@](C)(C1=O)[C@@H](OC(C)=O)[C@@H]1[C@H](C)C(=O)O[C@@H]1C[C@@]2(C)O. The Hall–Kier alpha value is -1.96. The van der Waals surface area contributed by atoms with E-state index in [1.54, 1.807) is 20.8 Å². The largest absolute Gasteiger partial charge is 0.462 e. The van der Waals surface area contributed by atoms with E-state index in [-0.39, 0.29) is 12.8 Å². The molecule has 3 fully saturated rings. The van der Waals surface area contributed by atoms with E-state index < -0.39 is 70.8 Å². The Kier molecular flexibility index (Phi) is 4.61. The maximum absolute atomic E-state index is 13.3. The van der Waals surface area contributed by atoms with Gasteiger partial charge in [-0.05, 0) is 20.3 Å². The fourth-order valence-corrected chi connectivity index (χ4v) is 5.40. The van der Waals surface area contributed by atoms with Gasteiger partial charge in [-0.1, -0.05) is 6.92 Å². The average molecular weight is 382 g/mol. The lowest BCUT2D eigenvalue weighted by Gasteiger charge is -2.41. The Labute approximate surface area is 157 Å². The van der Waals surface area contributed by atoms with Gasteiger partial charge in [0, 0.05) is 32.1 Å². The molecular weight excluding hydrogens is 356 g/mol. The average Bonchev–Trinajstić information content (AvgIpc) is 2.91. The Balaban J connectivity index is 2.13. The first-order valence-corrected chi connectivity index (χ1v) is 9.21. The fourth-order valence-electron chi connectivity index (χ4n) is 5.40. The number of carbonyl (C=O) groups excluding carboxylic acids is 4.